The van der Waals surface area contributed by atoms with Crippen molar-refractivity contribution in [2.24, 2.45) is 0 Å². The summed E-state index contributed by atoms with van der Waals surface area (Å²) >= 11 is 0. The lowest BCUT2D eigenvalue weighted by atomic mass is 10.2. The molecule has 0 aromatic heterocycles. The van der Waals surface area contributed by atoms with E-state index in [1.54, 1.807) is 0 Å². The van der Waals surface area contributed by atoms with Gasteiger partial charge in [-0.2, -0.15) is 21.6 Å². The molecule has 15 heavy (non-hydrogen) atoms. The van der Waals surface area contributed by atoms with Crippen LogP contribution in [0.25, 0.3) is 0 Å². The Balaban J connectivity index is 3.43. The quantitative estimate of drug-likeness (QED) is 0.608. The van der Waals surface area contributed by atoms with Gasteiger partial charge in [0.25, 0.3) is 10.1 Å². The third-order valence-electron chi connectivity index (χ3n) is 1.50. The van der Waals surface area contributed by atoms with Gasteiger partial charge in [0.1, 0.15) is 5.82 Å². The lowest BCUT2D eigenvalue weighted by molar-refractivity contribution is -0.137. The summed E-state index contributed by atoms with van der Waals surface area (Å²) in [5.41, 5.74) is -1.48. The van der Waals surface area contributed by atoms with Crippen molar-refractivity contribution in [1.82, 2.24) is 0 Å². The Bertz CT molecular complexity index is 477. The molecular formula is C7H4F4O3S. The summed E-state index contributed by atoms with van der Waals surface area (Å²) in [5, 5.41) is 0. The Labute approximate surface area is 82.1 Å². The Morgan fingerprint density at radius 1 is 1.13 bits per heavy atom. The van der Waals surface area contributed by atoms with Crippen molar-refractivity contribution in [1.29, 1.82) is 0 Å². The summed E-state index contributed by atoms with van der Waals surface area (Å²) in [7, 11) is -4.85. The van der Waals surface area contributed by atoms with E-state index in [2.05, 4.69) is 0 Å². The van der Waals surface area contributed by atoms with E-state index in [9.17, 15) is 26.0 Å². The van der Waals surface area contributed by atoms with Crippen LogP contribution in [0.3, 0.4) is 0 Å². The summed E-state index contributed by atoms with van der Waals surface area (Å²) in [4.78, 5) is -1.13. The van der Waals surface area contributed by atoms with Crippen molar-refractivity contribution < 1.29 is 30.5 Å². The van der Waals surface area contributed by atoms with Gasteiger partial charge >= 0.3 is 6.18 Å². The van der Waals surface area contributed by atoms with Gasteiger partial charge in [-0.25, -0.2) is 4.39 Å². The van der Waals surface area contributed by atoms with Gasteiger partial charge in [0.2, 0.25) is 0 Å². The first-order chi connectivity index (χ1) is 6.60. The van der Waals surface area contributed by atoms with Crippen LogP contribution in [0.1, 0.15) is 5.56 Å². The largest absolute Gasteiger partial charge is 0.416 e. The fourth-order valence-electron chi connectivity index (χ4n) is 0.875. The predicted octanol–water partition coefficient (Wildman–Crippen LogP) is 2.09. The zero-order valence-corrected chi connectivity index (χ0v) is 7.73. The second-order valence-electron chi connectivity index (χ2n) is 2.65. The molecular weight excluding hydrogens is 240 g/mol. The van der Waals surface area contributed by atoms with E-state index >= 15 is 0 Å². The van der Waals surface area contributed by atoms with Gasteiger partial charge in [0.05, 0.1) is 10.5 Å². The molecule has 0 saturated heterocycles. The highest BCUT2D eigenvalue weighted by molar-refractivity contribution is 7.85. The molecule has 1 aromatic carbocycles. The summed E-state index contributed by atoms with van der Waals surface area (Å²) in [6.07, 6.45) is -4.87. The van der Waals surface area contributed by atoms with E-state index in [0.29, 0.717) is 6.07 Å². The van der Waals surface area contributed by atoms with Gasteiger partial charge in [-0.3, -0.25) is 4.55 Å². The molecule has 0 saturated carbocycles. The molecule has 0 bridgehead atoms. The first-order valence-electron chi connectivity index (χ1n) is 3.46. The Morgan fingerprint density at radius 2 is 1.67 bits per heavy atom. The normalized spacial score (nSPS) is 12.9. The van der Waals surface area contributed by atoms with Gasteiger partial charge in [0, 0.05) is 0 Å². The molecule has 0 aliphatic rings. The van der Waals surface area contributed by atoms with E-state index in [0.717, 1.165) is 0 Å². The minimum atomic E-state index is -4.87. The highest BCUT2D eigenvalue weighted by Crippen LogP contribution is 2.31. The van der Waals surface area contributed by atoms with E-state index in [4.69, 9.17) is 4.55 Å². The van der Waals surface area contributed by atoms with Crippen molar-refractivity contribution >= 4 is 10.1 Å². The zero-order valence-electron chi connectivity index (χ0n) is 6.92. The third-order valence-corrected chi connectivity index (χ3v) is 2.33. The number of hydrogen-bond donors (Lipinski definition) is 1. The molecule has 3 nitrogen and oxygen atoms in total. The molecule has 0 radical (unpaired) electrons. The number of rotatable bonds is 1. The first kappa shape index (κ1) is 11.9. The van der Waals surface area contributed by atoms with E-state index in [-0.39, 0.29) is 12.1 Å². The first-order valence-corrected chi connectivity index (χ1v) is 4.90. The van der Waals surface area contributed by atoms with Crippen molar-refractivity contribution in [3.05, 3.63) is 29.6 Å². The topological polar surface area (TPSA) is 54.4 Å². The fraction of sp³-hybridized carbons (Fsp3) is 0.143. The molecule has 0 fully saturated rings. The van der Waals surface area contributed by atoms with Crippen LogP contribution in [0.2, 0.25) is 0 Å². The minimum Gasteiger partial charge on any atom is -0.282 e. The van der Waals surface area contributed by atoms with Gasteiger partial charge in [-0.1, -0.05) is 0 Å². The average Bonchev–Trinajstić information content (AvgIpc) is 1.99. The van der Waals surface area contributed by atoms with Crippen LogP contribution in [-0.4, -0.2) is 13.0 Å². The second-order valence-corrected chi connectivity index (χ2v) is 4.07. The molecule has 1 N–H and O–H groups in total. The van der Waals surface area contributed by atoms with E-state index < -0.39 is 32.6 Å². The zero-order chi connectivity index (χ0) is 11.9. The molecule has 84 valence electrons. The Kier molecular flexibility index (Phi) is 2.75. The molecule has 8 heteroatoms. The van der Waals surface area contributed by atoms with Gasteiger partial charge < -0.3 is 0 Å². The summed E-state index contributed by atoms with van der Waals surface area (Å²) in [5.74, 6) is -1.39. The maximum absolute atomic E-state index is 12.6. The van der Waals surface area contributed by atoms with Gasteiger partial charge in [-0.15, -0.1) is 0 Å². The maximum Gasteiger partial charge on any atom is 0.416 e. The van der Waals surface area contributed by atoms with Crippen LogP contribution in [0.15, 0.2) is 23.1 Å². The molecule has 0 amide bonds. The van der Waals surface area contributed by atoms with Crippen molar-refractivity contribution in [3.63, 3.8) is 0 Å². The molecule has 0 unspecified atom stereocenters. The lowest BCUT2D eigenvalue weighted by Crippen LogP contribution is -2.08. The summed E-state index contributed by atoms with van der Waals surface area (Å²) in [6, 6.07) is 0.581. The fourth-order valence-corrected chi connectivity index (χ4v) is 1.41. The predicted molar refractivity (Wildman–Crippen MR) is 41.2 cm³/mol. The van der Waals surface area contributed by atoms with Crippen LogP contribution in [0.4, 0.5) is 17.6 Å². The van der Waals surface area contributed by atoms with Crippen LogP contribution >= 0.6 is 0 Å². The molecule has 0 aliphatic carbocycles. The second kappa shape index (κ2) is 3.46. The van der Waals surface area contributed by atoms with Gasteiger partial charge in [0.15, 0.2) is 0 Å². The maximum atomic E-state index is 12.6. The Hall–Kier alpha value is -1.15. The van der Waals surface area contributed by atoms with Crippen LogP contribution < -0.4 is 0 Å². The summed E-state index contributed by atoms with van der Waals surface area (Å²) < 4.78 is 78.3. The minimum absolute atomic E-state index is 0.134. The van der Waals surface area contributed by atoms with Crippen molar-refractivity contribution in [3.8, 4) is 0 Å². The molecule has 1 rings (SSSR count). The van der Waals surface area contributed by atoms with Crippen LogP contribution in [0.5, 0.6) is 0 Å². The number of benzene rings is 1. The molecule has 1 aromatic rings. The summed E-state index contributed by atoms with van der Waals surface area (Å²) in [6.45, 7) is 0. The van der Waals surface area contributed by atoms with E-state index in [1.807, 2.05) is 0 Å². The van der Waals surface area contributed by atoms with E-state index in [1.165, 1.54) is 0 Å². The molecule has 0 spiro atoms. The van der Waals surface area contributed by atoms with Crippen LogP contribution in [0, 0.1) is 5.82 Å². The van der Waals surface area contributed by atoms with Gasteiger partial charge in [-0.05, 0) is 18.2 Å². The van der Waals surface area contributed by atoms with Crippen LogP contribution in [-0.2, 0) is 16.3 Å². The third kappa shape index (κ3) is 2.90. The SMILES string of the molecule is O=S(=O)(O)c1cc(F)cc(C(F)(F)F)c1. The Morgan fingerprint density at radius 3 is 2.07 bits per heavy atom. The highest BCUT2D eigenvalue weighted by atomic mass is 32.2. The molecule has 0 aliphatic heterocycles. The number of hydrogen-bond acceptors (Lipinski definition) is 2. The molecule has 0 heterocycles. The smallest absolute Gasteiger partial charge is 0.282 e. The number of halogens is 4. The molecule has 0 atom stereocenters. The highest BCUT2D eigenvalue weighted by Gasteiger charge is 2.32. The number of alkyl halides is 3. The van der Waals surface area contributed by atoms with Crippen molar-refractivity contribution in [2.75, 3.05) is 0 Å². The average molecular weight is 244 g/mol. The standard InChI is InChI=1S/C7H4F4O3S/c8-5-1-4(7(9,10)11)2-6(3-5)15(12,13)14/h1-3H,(H,12,13,14). The van der Waals surface area contributed by atoms with Crippen molar-refractivity contribution in [2.45, 2.75) is 11.1 Å². The lowest BCUT2D eigenvalue weighted by Gasteiger charge is -2.07. The monoisotopic (exact) mass is 244 g/mol.